The number of rotatable bonds is 1. The molecule has 0 aromatic rings. The lowest BCUT2D eigenvalue weighted by atomic mass is 9.89. The Kier molecular flexibility index (Phi) is 1.83. The molecule has 2 aliphatic rings. The van der Waals surface area contributed by atoms with E-state index in [-0.39, 0.29) is 17.9 Å². The Bertz CT molecular complexity index is 205. The van der Waals surface area contributed by atoms with E-state index < -0.39 is 0 Å². The van der Waals surface area contributed by atoms with Crippen LogP contribution in [0.1, 0.15) is 19.3 Å². The first-order chi connectivity index (χ1) is 5.74. The molecule has 0 aliphatic heterocycles. The molecule has 0 radical (unpaired) electrons. The van der Waals surface area contributed by atoms with E-state index in [0.29, 0.717) is 11.8 Å². The summed E-state index contributed by atoms with van der Waals surface area (Å²) >= 11 is 0. The molecule has 2 aliphatic carbocycles. The number of ether oxygens (including phenoxy) is 1. The first-order valence-electron chi connectivity index (χ1n) is 4.57. The van der Waals surface area contributed by atoms with Gasteiger partial charge in [0.1, 0.15) is 0 Å². The summed E-state index contributed by atoms with van der Waals surface area (Å²) in [6.45, 7) is 0. The molecule has 3 nitrogen and oxygen atoms in total. The van der Waals surface area contributed by atoms with E-state index in [1.165, 1.54) is 13.5 Å². The van der Waals surface area contributed by atoms with E-state index in [9.17, 15) is 4.79 Å². The third kappa shape index (κ3) is 0.959. The van der Waals surface area contributed by atoms with Crippen molar-refractivity contribution < 1.29 is 9.53 Å². The van der Waals surface area contributed by atoms with Gasteiger partial charge >= 0.3 is 5.97 Å². The second-order valence-corrected chi connectivity index (χ2v) is 3.94. The van der Waals surface area contributed by atoms with Gasteiger partial charge in [-0.15, -0.1) is 0 Å². The zero-order chi connectivity index (χ0) is 8.72. The van der Waals surface area contributed by atoms with Crippen molar-refractivity contribution in [3.05, 3.63) is 0 Å². The van der Waals surface area contributed by atoms with Crippen LogP contribution in [0.3, 0.4) is 0 Å². The van der Waals surface area contributed by atoms with E-state index in [0.717, 1.165) is 12.8 Å². The van der Waals surface area contributed by atoms with E-state index in [2.05, 4.69) is 0 Å². The fraction of sp³-hybridized carbons (Fsp3) is 0.889. The molecule has 2 fully saturated rings. The van der Waals surface area contributed by atoms with Gasteiger partial charge in [-0.3, -0.25) is 4.79 Å². The molecule has 2 N–H and O–H groups in total. The first-order valence-corrected chi connectivity index (χ1v) is 4.57. The van der Waals surface area contributed by atoms with Crippen molar-refractivity contribution in [3.63, 3.8) is 0 Å². The standard InChI is InChI=1S/C9H15NO2/c1-12-9(11)7-4-5-2-3-6(7)8(5)10/h5-8H,2-4,10H2,1H3/t5-,6-,7-,8-/m1/s1. The maximum absolute atomic E-state index is 11.3. The Labute approximate surface area is 72.3 Å². The van der Waals surface area contributed by atoms with Crippen molar-refractivity contribution in [2.45, 2.75) is 25.3 Å². The van der Waals surface area contributed by atoms with Crippen LogP contribution in [-0.2, 0) is 9.53 Å². The average molecular weight is 169 g/mol. The fourth-order valence-electron chi connectivity index (χ4n) is 2.81. The molecule has 0 spiro atoms. The molecular formula is C9H15NO2. The maximum Gasteiger partial charge on any atom is 0.309 e. The Morgan fingerprint density at radius 2 is 2.25 bits per heavy atom. The van der Waals surface area contributed by atoms with Crippen molar-refractivity contribution in [2.24, 2.45) is 23.5 Å². The second-order valence-electron chi connectivity index (χ2n) is 3.94. The highest BCUT2D eigenvalue weighted by Crippen LogP contribution is 2.47. The highest BCUT2D eigenvalue weighted by Gasteiger charge is 2.49. The molecule has 0 saturated heterocycles. The second kappa shape index (κ2) is 2.73. The largest absolute Gasteiger partial charge is 0.469 e. The summed E-state index contributed by atoms with van der Waals surface area (Å²) in [6.07, 6.45) is 3.28. The van der Waals surface area contributed by atoms with Crippen LogP contribution in [0.25, 0.3) is 0 Å². The van der Waals surface area contributed by atoms with Crippen molar-refractivity contribution in [3.8, 4) is 0 Å². The van der Waals surface area contributed by atoms with Crippen LogP contribution >= 0.6 is 0 Å². The van der Waals surface area contributed by atoms with Crippen LogP contribution in [0.15, 0.2) is 0 Å². The van der Waals surface area contributed by atoms with Crippen molar-refractivity contribution in [2.75, 3.05) is 7.11 Å². The monoisotopic (exact) mass is 169 g/mol. The molecule has 12 heavy (non-hydrogen) atoms. The Morgan fingerprint density at radius 3 is 2.67 bits per heavy atom. The SMILES string of the molecule is COC(=O)[C@@H]1C[C@H]2CC[C@H]1[C@@H]2N. The number of methoxy groups -OCH3 is 1. The Morgan fingerprint density at radius 1 is 1.50 bits per heavy atom. The summed E-state index contributed by atoms with van der Waals surface area (Å²) in [4.78, 5) is 11.3. The number of carbonyl (C=O) groups is 1. The molecule has 0 heterocycles. The zero-order valence-corrected chi connectivity index (χ0v) is 7.32. The van der Waals surface area contributed by atoms with Crippen LogP contribution in [0.4, 0.5) is 0 Å². The maximum atomic E-state index is 11.3. The predicted octanol–water partition coefficient (Wildman–Crippen LogP) is 0.533. The van der Waals surface area contributed by atoms with Gasteiger partial charge in [0.15, 0.2) is 0 Å². The number of hydrogen-bond donors (Lipinski definition) is 1. The molecule has 2 rings (SSSR count). The summed E-state index contributed by atoms with van der Waals surface area (Å²) in [5.74, 6) is 1.03. The molecule has 4 atom stereocenters. The average Bonchev–Trinajstić information content (AvgIpc) is 2.60. The highest BCUT2D eigenvalue weighted by atomic mass is 16.5. The Hall–Kier alpha value is -0.570. The minimum atomic E-state index is -0.0577. The van der Waals surface area contributed by atoms with Gasteiger partial charge in [-0.2, -0.15) is 0 Å². The minimum Gasteiger partial charge on any atom is -0.469 e. The summed E-state index contributed by atoms with van der Waals surface area (Å²) in [6, 6.07) is 0.258. The van der Waals surface area contributed by atoms with Gasteiger partial charge in [-0.05, 0) is 31.1 Å². The molecule has 0 unspecified atom stereocenters. The smallest absolute Gasteiger partial charge is 0.309 e. The Balaban J connectivity index is 2.08. The lowest BCUT2D eigenvalue weighted by Gasteiger charge is -2.18. The molecule has 0 aromatic carbocycles. The molecular weight excluding hydrogens is 154 g/mol. The van der Waals surface area contributed by atoms with Gasteiger partial charge in [-0.1, -0.05) is 0 Å². The van der Waals surface area contributed by atoms with Crippen LogP contribution in [0, 0.1) is 17.8 Å². The normalized spacial score (nSPS) is 44.8. The van der Waals surface area contributed by atoms with Crippen LogP contribution in [0.5, 0.6) is 0 Å². The number of nitrogens with two attached hydrogens (primary N) is 1. The van der Waals surface area contributed by atoms with E-state index >= 15 is 0 Å². The fourth-order valence-corrected chi connectivity index (χ4v) is 2.81. The summed E-state index contributed by atoms with van der Waals surface area (Å²) in [5, 5.41) is 0. The van der Waals surface area contributed by atoms with Crippen molar-refractivity contribution in [1.82, 2.24) is 0 Å². The summed E-state index contributed by atoms with van der Waals surface area (Å²) in [7, 11) is 1.46. The zero-order valence-electron chi connectivity index (χ0n) is 7.32. The van der Waals surface area contributed by atoms with Gasteiger partial charge in [0.25, 0.3) is 0 Å². The first kappa shape index (κ1) is 8.05. The van der Waals surface area contributed by atoms with Gasteiger partial charge in [-0.25, -0.2) is 0 Å². The molecule has 0 aromatic heterocycles. The number of fused-ring (bicyclic) bond motifs is 2. The predicted molar refractivity (Wildman–Crippen MR) is 44.3 cm³/mol. The van der Waals surface area contributed by atoms with Gasteiger partial charge in [0.2, 0.25) is 0 Å². The quantitative estimate of drug-likeness (QED) is 0.583. The minimum absolute atomic E-state index is 0.0577. The molecule has 2 saturated carbocycles. The van der Waals surface area contributed by atoms with Gasteiger partial charge in [0.05, 0.1) is 13.0 Å². The number of esters is 1. The summed E-state index contributed by atoms with van der Waals surface area (Å²) < 4.78 is 4.74. The molecule has 3 heteroatoms. The summed E-state index contributed by atoms with van der Waals surface area (Å²) in [5.41, 5.74) is 5.96. The van der Waals surface area contributed by atoms with Crippen LogP contribution in [0.2, 0.25) is 0 Å². The molecule has 0 amide bonds. The van der Waals surface area contributed by atoms with Gasteiger partial charge < -0.3 is 10.5 Å². The van der Waals surface area contributed by atoms with Crippen molar-refractivity contribution >= 4 is 5.97 Å². The van der Waals surface area contributed by atoms with Crippen LogP contribution in [-0.4, -0.2) is 19.1 Å². The van der Waals surface area contributed by atoms with Crippen LogP contribution < -0.4 is 5.73 Å². The van der Waals surface area contributed by atoms with E-state index in [1.54, 1.807) is 0 Å². The lowest BCUT2D eigenvalue weighted by molar-refractivity contribution is -0.147. The van der Waals surface area contributed by atoms with E-state index in [1.807, 2.05) is 0 Å². The number of hydrogen-bond acceptors (Lipinski definition) is 3. The van der Waals surface area contributed by atoms with Crippen molar-refractivity contribution in [1.29, 1.82) is 0 Å². The highest BCUT2D eigenvalue weighted by molar-refractivity contribution is 5.73. The third-order valence-electron chi connectivity index (χ3n) is 3.49. The number of carbonyl (C=O) groups excluding carboxylic acids is 1. The molecule has 68 valence electrons. The topological polar surface area (TPSA) is 52.3 Å². The third-order valence-corrected chi connectivity index (χ3v) is 3.49. The van der Waals surface area contributed by atoms with E-state index in [4.69, 9.17) is 10.5 Å². The lowest BCUT2D eigenvalue weighted by Crippen LogP contribution is -2.29. The molecule has 2 bridgehead atoms. The van der Waals surface area contributed by atoms with Gasteiger partial charge in [0, 0.05) is 6.04 Å².